The summed E-state index contributed by atoms with van der Waals surface area (Å²) in [4.78, 5) is 10.8. The first-order valence-corrected chi connectivity index (χ1v) is 4.09. The maximum atomic E-state index is 10.8. The molecule has 3 nitrogen and oxygen atoms in total. The Morgan fingerprint density at radius 2 is 2.14 bits per heavy atom. The van der Waals surface area contributed by atoms with E-state index in [0.717, 1.165) is 5.56 Å². The third kappa shape index (κ3) is 1.62. The summed E-state index contributed by atoms with van der Waals surface area (Å²) in [7, 11) is 0. The van der Waals surface area contributed by atoms with Gasteiger partial charge >= 0.3 is 0 Å². The molecule has 14 heavy (non-hydrogen) atoms. The smallest absolute Gasteiger partial charge is 0.150 e. The Balaban J connectivity index is 3.47. The van der Waals surface area contributed by atoms with Gasteiger partial charge in [0.15, 0.2) is 6.29 Å². The van der Waals surface area contributed by atoms with E-state index in [1.165, 1.54) is 0 Å². The van der Waals surface area contributed by atoms with Gasteiger partial charge in [0.25, 0.3) is 0 Å². The molecule has 0 fully saturated rings. The van der Waals surface area contributed by atoms with Crippen molar-refractivity contribution in [3.8, 4) is 12.1 Å². The molecule has 0 unspecified atom stereocenters. The van der Waals surface area contributed by atoms with Gasteiger partial charge in [-0.05, 0) is 24.1 Å². The van der Waals surface area contributed by atoms with Gasteiger partial charge in [0.05, 0.1) is 24.1 Å². The molecule has 0 aromatic heterocycles. The molecule has 0 heterocycles. The Bertz CT molecular complexity index is 450. The van der Waals surface area contributed by atoms with E-state index in [0.29, 0.717) is 23.0 Å². The lowest BCUT2D eigenvalue weighted by molar-refractivity contribution is 0.112. The standard InChI is InChI=1S/C11H8N2O/c1-8-2-3-9(6-13)10(4-5-12)11(8)7-14/h2-3,7H,4H2,1H3. The van der Waals surface area contributed by atoms with E-state index < -0.39 is 0 Å². The Morgan fingerprint density at radius 1 is 1.43 bits per heavy atom. The highest BCUT2D eigenvalue weighted by molar-refractivity contribution is 5.81. The maximum absolute atomic E-state index is 10.8. The van der Waals surface area contributed by atoms with Crippen LogP contribution >= 0.6 is 0 Å². The Hall–Kier alpha value is -2.13. The van der Waals surface area contributed by atoms with Gasteiger partial charge in [-0.25, -0.2) is 0 Å². The van der Waals surface area contributed by atoms with Gasteiger partial charge < -0.3 is 0 Å². The first-order chi connectivity index (χ1) is 6.74. The van der Waals surface area contributed by atoms with Crippen molar-refractivity contribution >= 4 is 6.29 Å². The number of nitrogens with zero attached hydrogens (tertiary/aromatic N) is 2. The summed E-state index contributed by atoms with van der Waals surface area (Å²) >= 11 is 0. The zero-order valence-corrected chi connectivity index (χ0v) is 7.74. The van der Waals surface area contributed by atoms with Crippen LogP contribution < -0.4 is 0 Å². The van der Waals surface area contributed by atoms with Crippen LogP contribution in [0.3, 0.4) is 0 Å². The summed E-state index contributed by atoms with van der Waals surface area (Å²) < 4.78 is 0. The fourth-order valence-electron chi connectivity index (χ4n) is 1.32. The highest BCUT2D eigenvalue weighted by Gasteiger charge is 2.09. The summed E-state index contributed by atoms with van der Waals surface area (Å²) in [5.41, 5.74) is 2.19. The largest absolute Gasteiger partial charge is 0.298 e. The fourth-order valence-corrected chi connectivity index (χ4v) is 1.32. The second-order valence-electron chi connectivity index (χ2n) is 2.89. The van der Waals surface area contributed by atoms with Gasteiger partial charge in [-0.15, -0.1) is 0 Å². The first kappa shape index (κ1) is 9.95. The number of nitriles is 2. The molecule has 68 valence electrons. The molecule has 1 aromatic rings. The van der Waals surface area contributed by atoms with Crippen LogP contribution in [-0.2, 0) is 6.42 Å². The molecule has 0 aliphatic carbocycles. The predicted molar refractivity (Wildman–Crippen MR) is 50.6 cm³/mol. The second kappa shape index (κ2) is 4.20. The highest BCUT2D eigenvalue weighted by atomic mass is 16.1. The zero-order chi connectivity index (χ0) is 10.6. The molecule has 0 aliphatic heterocycles. The van der Waals surface area contributed by atoms with E-state index in [-0.39, 0.29) is 6.42 Å². The van der Waals surface area contributed by atoms with E-state index in [1.54, 1.807) is 19.1 Å². The van der Waals surface area contributed by atoms with Crippen molar-refractivity contribution < 1.29 is 4.79 Å². The predicted octanol–water partition coefficient (Wildman–Crippen LogP) is 1.75. The SMILES string of the molecule is Cc1ccc(C#N)c(CC#N)c1C=O. The van der Waals surface area contributed by atoms with E-state index >= 15 is 0 Å². The van der Waals surface area contributed by atoms with E-state index in [4.69, 9.17) is 10.5 Å². The average Bonchev–Trinajstić information content (AvgIpc) is 2.19. The van der Waals surface area contributed by atoms with Crippen molar-refractivity contribution in [1.29, 1.82) is 10.5 Å². The third-order valence-corrected chi connectivity index (χ3v) is 2.07. The zero-order valence-electron chi connectivity index (χ0n) is 7.74. The Kier molecular flexibility index (Phi) is 2.99. The number of carbonyl (C=O) groups excluding carboxylic acids is 1. The lowest BCUT2D eigenvalue weighted by atomic mass is 9.96. The van der Waals surface area contributed by atoms with Gasteiger partial charge in [0, 0.05) is 5.56 Å². The molecule has 3 heteroatoms. The molecule has 1 rings (SSSR count). The van der Waals surface area contributed by atoms with E-state index in [2.05, 4.69) is 0 Å². The van der Waals surface area contributed by atoms with Gasteiger partial charge in [-0.2, -0.15) is 10.5 Å². The number of hydrogen-bond acceptors (Lipinski definition) is 3. The minimum Gasteiger partial charge on any atom is -0.298 e. The molecule has 0 N–H and O–H groups in total. The molecule has 1 aromatic carbocycles. The highest BCUT2D eigenvalue weighted by Crippen LogP contribution is 2.17. The molecule has 0 bridgehead atoms. The van der Waals surface area contributed by atoms with Crippen molar-refractivity contribution in [2.24, 2.45) is 0 Å². The number of carbonyl (C=O) groups is 1. The van der Waals surface area contributed by atoms with Crippen molar-refractivity contribution in [1.82, 2.24) is 0 Å². The minimum absolute atomic E-state index is 0.0959. The topological polar surface area (TPSA) is 64.7 Å². The van der Waals surface area contributed by atoms with Gasteiger partial charge in [0.1, 0.15) is 0 Å². The number of benzene rings is 1. The molecule has 0 radical (unpaired) electrons. The monoisotopic (exact) mass is 184 g/mol. The molecule has 0 saturated carbocycles. The normalized spacial score (nSPS) is 8.79. The van der Waals surface area contributed by atoms with Crippen molar-refractivity contribution in [2.45, 2.75) is 13.3 Å². The van der Waals surface area contributed by atoms with E-state index in [9.17, 15) is 4.79 Å². The summed E-state index contributed by atoms with van der Waals surface area (Å²) in [6, 6.07) is 7.27. The van der Waals surface area contributed by atoms with Crippen molar-refractivity contribution in [2.75, 3.05) is 0 Å². The van der Waals surface area contributed by atoms with Crippen molar-refractivity contribution in [3.05, 3.63) is 34.4 Å². The molecular formula is C11H8N2O. The minimum atomic E-state index is 0.0959. The number of rotatable bonds is 2. The summed E-state index contributed by atoms with van der Waals surface area (Å²) in [5, 5.41) is 17.4. The van der Waals surface area contributed by atoms with Gasteiger partial charge in [0.2, 0.25) is 0 Å². The van der Waals surface area contributed by atoms with Gasteiger partial charge in [-0.3, -0.25) is 4.79 Å². The van der Waals surface area contributed by atoms with Crippen LogP contribution in [0.1, 0.15) is 27.0 Å². The Labute approximate surface area is 82.2 Å². The van der Waals surface area contributed by atoms with Crippen LogP contribution in [0, 0.1) is 29.6 Å². The molecule has 0 spiro atoms. The van der Waals surface area contributed by atoms with Crippen LogP contribution in [0.5, 0.6) is 0 Å². The summed E-state index contributed by atoms with van der Waals surface area (Å²) in [6.45, 7) is 1.78. The Morgan fingerprint density at radius 3 is 2.64 bits per heavy atom. The molecule has 0 amide bonds. The van der Waals surface area contributed by atoms with Crippen LogP contribution in [0.25, 0.3) is 0 Å². The fraction of sp³-hybridized carbons (Fsp3) is 0.182. The quantitative estimate of drug-likeness (QED) is 0.657. The average molecular weight is 184 g/mol. The molecule has 0 saturated heterocycles. The van der Waals surface area contributed by atoms with Crippen LogP contribution in [-0.4, -0.2) is 6.29 Å². The first-order valence-electron chi connectivity index (χ1n) is 4.09. The lowest BCUT2D eigenvalue weighted by Crippen LogP contribution is -1.98. The van der Waals surface area contributed by atoms with Crippen LogP contribution in [0.2, 0.25) is 0 Å². The summed E-state index contributed by atoms with van der Waals surface area (Å²) in [5.74, 6) is 0. The van der Waals surface area contributed by atoms with Gasteiger partial charge in [-0.1, -0.05) is 6.07 Å². The molecule has 0 aliphatic rings. The number of aryl methyl sites for hydroxylation is 1. The maximum Gasteiger partial charge on any atom is 0.150 e. The number of hydrogen-bond donors (Lipinski definition) is 0. The van der Waals surface area contributed by atoms with Crippen LogP contribution in [0.4, 0.5) is 0 Å². The molecule has 0 atom stereocenters. The third-order valence-electron chi connectivity index (χ3n) is 2.07. The lowest BCUT2D eigenvalue weighted by Gasteiger charge is -2.05. The van der Waals surface area contributed by atoms with Crippen molar-refractivity contribution in [3.63, 3.8) is 0 Å². The summed E-state index contributed by atoms with van der Waals surface area (Å²) in [6.07, 6.45) is 0.793. The van der Waals surface area contributed by atoms with Crippen LogP contribution in [0.15, 0.2) is 12.1 Å². The van der Waals surface area contributed by atoms with E-state index in [1.807, 2.05) is 12.1 Å². The number of aldehydes is 1. The molecular weight excluding hydrogens is 176 g/mol. The second-order valence-corrected chi connectivity index (χ2v) is 2.89.